The lowest BCUT2D eigenvalue weighted by molar-refractivity contribution is -0.115. The molecule has 1 N–H and O–H groups in total. The number of rotatable bonds is 5. The third-order valence-electron chi connectivity index (χ3n) is 5.59. The summed E-state index contributed by atoms with van der Waals surface area (Å²) in [5, 5.41) is 3.98. The summed E-state index contributed by atoms with van der Waals surface area (Å²) in [5.41, 5.74) is 1.84. The van der Waals surface area contributed by atoms with Crippen molar-refractivity contribution in [1.82, 2.24) is 9.55 Å². The summed E-state index contributed by atoms with van der Waals surface area (Å²) >= 11 is 2.93. The number of anilines is 1. The van der Waals surface area contributed by atoms with Crippen molar-refractivity contribution in [2.45, 2.75) is 62.9 Å². The van der Waals surface area contributed by atoms with E-state index >= 15 is 0 Å². The molecule has 1 aromatic carbocycles. The summed E-state index contributed by atoms with van der Waals surface area (Å²) in [6, 6.07) is 9.60. The maximum Gasteiger partial charge on any atom is 0.263 e. The minimum atomic E-state index is -0.366. The van der Waals surface area contributed by atoms with Crippen LogP contribution < -0.4 is 10.9 Å². The Morgan fingerprint density at radius 2 is 1.93 bits per heavy atom. The number of nitrogens with zero attached hydrogens (tertiary/aromatic N) is 2. The average molecular weight is 428 g/mol. The summed E-state index contributed by atoms with van der Waals surface area (Å²) in [5.74, 6) is -0.0907. The fourth-order valence-corrected chi connectivity index (χ4v) is 5.88. The summed E-state index contributed by atoms with van der Waals surface area (Å²) in [6.07, 6.45) is 4.25. The number of hydrogen-bond acceptors (Lipinski definition) is 5. The van der Waals surface area contributed by atoms with Crippen LogP contribution in [0.1, 0.15) is 49.1 Å². The number of nitrogens with one attached hydrogen (secondary N) is 1. The standard InChI is InChI=1S/C22H25N3O2S2/c1-13-14(2)28-20-18(13)21(27)25(17-11-7-8-12-17)22(24-20)29-15(3)19(26)23-16-9-5-4-6-10-16/h4-6,9-10,15,17H,7-8,11-12H2,1-3H3,(H,23,26). The molecule has 0 bridgehead atoms. The van der Waals surface area contributed by atoms with Gasteiger partial charge in [-0.3, -0.25) is 14.2 Å². The monoisotopic (exact) mass is 427 g/mol. The zero-order valence-corrected chi connectivity index (χ0v) is 18.5. The van der Waals surface area contributed by atoms with Gasteiger partial charge in [0.15, 0.2) is 5.16 Å². The van der Waals surface area contributed by atoms with Crippen LogP contribution in [0, 0.1) is 13.8 Å². The molecule has 1 saturated carbocycles. The second kappa shape index (κ2) is 8.32. The Labute approximate surface area is 178 Å². The minimum absolute atomic E-state index is 0.0434. The molecule has 29 heavy (non-hydrogen) atoms. The topological polar surface area (TPSA) is 64.0 Å². The van der Waals surface area contributed by atoms with Crippen molar-refractivity contribution >= 4 is 44.9 Å². The van der Waals surface area contributed by atoms with E-state index in [4.69, 9.17) is 4.98 Å². The van der Waals surface area contributed by atoms with Gasteiger partial charge in [0.25, 0.3) is 5.56 Å². The van der Waals surface area contributed by atoms with Gasteiger partial charge < -0.3 is 5.32 Å². The molecular weight excluding hydrogens is 402 g/mol. The van der Waals surface area contributed by atoms with Crippen LogP contribution in [0.3, 0.4) is 0 Å². The van der Waals surface area contributed by atoms with E-state index in [1.807, 2.05) is 55.7 Å². The molecule has 2 heterocycles. The fourth-order valence-electron chi connectivity index (χ4n) is 3.83. The van der Waals surface area contributed by atoms with Crippen molar-refractivity contribution in [3.63, 3.8) is 0 Å². The normalized spacial score (nSPS) is 15.7. The first-order chi connectivity index (χ1) is 14.0. The lowest BCUT2D eigenvalue weighted by Crippen LogP contribution is -2.28. The van der Waals surface area contributed by atoms with Gasteiger partial charge in [0.1, 0.15) is 4.83 Å². The van der Waals surface area contributed by atoms with E-state index in [2.05, 4.69) is 5.32 Å². The van der Waals surface area contributed by atoms with E-state index < -0.39 is 0 Å². The third-order valence-corrected chi connectivity index (χ3v) is 7.75. The van der Waals surface area contributed by atoms with E-state index in [9.17, 15) is 9.59 Å². The first-order valence-corrected chi connectivity index (χ1v) is 11.7. The van der Waals surface area contributed by atoms with E-state index in [0.29, 0.717) is 5.16 Å². The first-order valence-electron chi connectivity index (χ1n) is 10.0. The van der Waals surface area contributed by atoms with Crippen molar-refractivity contribution in [3.8, 4) is 0 Å². The van der Waals surface area contributed by atoms with Gasteiger partial charge in [0.05, 0.1) is 10.6 Å². The zero-order chi connectivity index (χ0) is 20.5. The fraction of sp³-hybridized carbons (Fsp3) is 0.409. The number of para-hydroxylation sites is 1. The van der Waals surface area contributed by atoms with Gasteiger partial charge in [-0.1, -0.05) is 42.8 Å². The zero-order valence-electron chi connectivity index (χ0n) is 16.9. The van der Waals surface area contributed by atoms with Crippen molar-refractivity contribution in [1.29, 1.82) is 0 Å². The maximum atomic E-state index is 13.4. The largest absolute Gasteiger partial charge is 0.325 e. The number of amides is 1. The average Bonchev–Trinajstić information content (AvgIpc) is 3.31. The number of benzene rings is 1. The molecule has 4 rings (SSSR count). The Morgan fingerprint density at radius 3 is 2.62 bits per heavy atom. The molecule has 0 saturated heterocycles. The highest BCUT2D eigenvalue weighted by Crippen LogP contribution is 2.35. The van der Waals surface area contributed by atoms with Gasteiger partial charge in [-0.15, -0.1) is 11.3 Å². The molecule has 5 nitrogen and oxygen atoms in total. The molecule has 0 spiro atoms. The van der Waals surface area contributed by atoms with E-state index in [1.165, 1.54) is 11.8 Å². The van der Waals surface area contributed by atoms with Gasteiger partial charge in [-0.25, -0.2) is 4.98 Å². The van der Waals surface area contributed by atoms with Gasteiger partial charge in [-0.05, 0) is 51.3 Å². The lowest BCUT2D eigenvalue weighted by Gasteiger charge is -2.20. The van der Waals surface area contributed by atoms with Gasteiger partial charge in [-0.2, -0.15) is 0 Å². The summed E-state index contributed by atoms with van der Waals surface area (Å²) < 4.78 is 1.87. The van der Waals surface area contributed by atoms with Crippen LogP contribution in [-0.4, -0.2) is 20.7 Å². The molecule has 0 aliphatic heterocycles. The molecule has 1 aliphatic rings. The Balaban J connectivity index is 1.69. The molecule has 1 fully saturated rings. The third kappa shape index (κ3) is 3.98. The number of hydrogen-bond donors (Lipinski definition) is 1. The molecule has 1 atom stereocenters. The van der Waals surface area contributed by atoms with Crippen LogP contribution in [0.5, 0.6) is 0 Å². The van der Waals surface area contributed by atoms with Crippen LogP contribution in [-0.2, 0) is 4.79 Å². The molecule has 1 aliphatic carbocycles. The second-order valence-electron chi connectivity index (χ2n) is 7.59. The summed E-state index contributed by atoms with van der Waals surface area (Å²) in [4.78, 5) is 32.9. The van der Waals surface area contributed by atoms with Gasteiger partial charge >= 0.3 is 0 Å². The highest BCUT2D eigenvalue weighted by Gasteiger charge is 2.27. The molecule has 0 radical (unpaired) electrons. The molecule has 3 aromatic rings. The highest BCUT2D eigenvalue weighted by atomic mass is 32.2. The Bertz CT molecular complexity index is 1100. The SMILES string of the molecule is Cc1sc2nc(SC(C)C(=O)Nc3ccccc3)n(C3CCCC3)c(=O)c2c1C. The maximum absolute atomic E-state index is 13.4. The number of thiophene rings is 1. The van der Waals surface area contributed by atoms with E-state index in [1.54, 1.807) is 11.3 Å². The molecule has 1 unspecified atom stereocenters. The van der Waals surface area contributed by atoms with Crippen LogP contribution in [0.2, 0.25) is 0 Å². The first kappa shape index (κ1) is 20.2. The number of aryl methyl sites for hydroxylation is 2. The summed E-state index contributed by atoms with van der Waals surface area (Å²) in [7, 11) is 0. The Morgan fingerprint density at radius 1 is 1.24 bits per heavy atom. The number of carbonyl (C=O) groups excluding carboxylic acids is 1. The minimum Gasteiger partial charge on any atom is -0.325 e. The van der Waals surface area contributed by atoms with Crippen molar-refractivity contribution in [2.75, 3.05) is 5.32 Å². The van der Waals surface area contributed by atoms with Gasteiger partial charge in [0, 0.05) is 16.6 Å². The van der Waals surface area contributed by atoms with Crippen LogP contribution in [0.25, 0.3) is 10.2 Å². The smallest absolute Gasteiger partial charge is 0.263 e. The molecule has 7 heteroatoms. The molecule has 152 valence electrons. The predicted octanol–water partition coefficient (Wildman–Crippen LogP) is 5.31. The van der Waals surface area contributed by atoms with Crippen LogP contribution >= 0.6 is 23.1 Å². The number of carbonyl (C=O) groups is 1. The quantitative estimate of drug-likeness (QED) is 0.443. The van der Waals surface area contributed by atoms with Crippen LogP contribution in [0.4, 0.5) is 5.69 Å². The van der Waals surface area contributed by atoms with E-state index in [-0.39, 0.29) is 22.8 Å². The van der Waals surface area contributed by atoms with Crippen molar-refractivity contribution in [3.05, 3.63) is 51.1 Å². The van der Waals surface area contributed by atoms with Gasteiger partial charge in [0.2, 0.25) is 5.91 Å². The predicted molar refractivity (Wildman–Crippen MR) is 121 cm³/mol. The molecular formula is C22H25N3O2S2. The molecule has 2 aromatic heterocycles. The highest BCUT2D eigenvalue weighted by molar-refractivity contribution is 8.00. The number of fused-ring (bicyclic) bond motifs is 1. The second-order valence-corrected chi connectivity index (χ2v) is 10.1. The lowest BCUT2D eigenvalue weighted by atomic mass is 10.2. The Kier molecular flexibility index (Phi) is 5.79. The number of thioether (sulfide) groups is 1. The number of aromatic nitrogens is 2. The van der Waals surface area contributed by atoms with Crippen molar-refractivity contribution < 1.29 is 4.79 Å². The van der Waals surface area contributed by atoms with E-state index in [0.717, 1.165) is 52.0 Å². The Hall–Kier alpha value is -2.12. The molecule has 1 amide bonds. The van der Waals surface area contributed by atoms with Crippen molar-refractivity contribution in [2.24, 2.45) is 0 Å². The van der Waals surface area contributed by atoms with Crippen LogP contribution in [0.15, 0.2) is 40.3 Å². The summed E-state index contributed by atoms with van der Waals surface area (Å²) in [6.45, 7) is 5.89.